The summed E-state index contributed by atoms with van der Waals surface area (Å²) in [5.41, 5.74) is 1.89. The summed E-state index contributed by atoms with van der Waals surface area (Å²) < 4.78 is 35.2. The lowest BCUT2D eigenvalue weighted by atomic mass is 9.95. The molecule has 1 N–H and O–H groups in total. The van der Waals surface area contributed by atoms with Crippen molar-refractivity contribution in [2.75, 3.05) is 18.0 Å². The van der Waals surface area contributed by atoms with Gasteiger partial charge in [0.05, 0.1) is 22.7 Å². The Morgan fingerprint density at radius 3 is 2.28 bits per heavy atom. The number of hydrogen-bond donors (Lipinski definition) is 1. The zero-order valence-electron chi connectivity index (χ0n) is 24.6. The van der Waals surface area contributed by atoms with Crippen LogP contribution < -0.4 is 14.4 Å². The van der Waals surface area contributed by atoms with Gasteiger partial charge >= 0.3 is 0 Å². The van der Waals surface area contributed by atoms with Crippen molar-refractivity contribution in [3.63, 3.8) is 0 Å². The van der Waals surface area contributed by atoms with Crippen molar-refractivity contribution in [1.29, 1.82) is 0 Å². The third-order valence-electron chi connectivity index (χ3n) is 7.70. The highest BCUT2D eigenvalue weighted by Crippen LogP contribution is 2.32. The Bertz CT molecular complexity index is 1530. The number of nitrogens with one attached hydrogen (secondary N) is 1. The van der Waals surface area contributed by atoms with Gasteiger partial charge in [0, 0.05) is 17.1 Å². The molecule has 0 heterocycles. The number of sulfonamides is 1. The molecule has 1 saturated carbocycles. The van der Waals surface area contributed by atoms with Gasteiger partial charge in [0.2, 0.25) is 11.8 Å². The quantitative estimate of drug-likeness (QED) is 0.249. The van der Waals surface area contributed by atoms with Crippen molar-refractivity contribution in [1.82, 2.24) is 10.2 Å². The topological polar surface area (TPSA) is 96.0 Å². The monoisotopic (exact) mass is 689 g/mol. The highest BCUT2D eigenvalue weighted by Gasteiger charge is 2.33. The molecule has 4 rings (SSSR count). The average Bonchev–Trinajstić information content (AvgIpc) is 2.99. The molecule has 3 aromatic carbocycles. The number of carbonyl (C=O) groups excluding carboxylic acids is 2. The molecule has 0 aromatic heterocycles. The summed E-state index contributed by atoms with van der Waals surface area (Å²) in [7, 11) is -2.74. The second-order valence-corrected chi connectivity index (χ2v) is 14.0. The molecule has 1 aliphatic carbocycles. The Morgan fingerprint density at radius 2 is 1.67 bits per heavy atom. The summed E-state index contributed by atoms with van der Waals surface area (Å²) in [6, 6.07) is 17.6. The number of ether oxygens (including phenoxy) is 1. The van der Waals surface area contributed by atoms with Gasteiger partial charge in [0.25, 0.3) is 10.0 Å². The van der Waals surface area contributed by atoms with Crippen LogP contribution in [0, 0.1) is 6.92 Å². The number of amides is 2. The van der Waals surface area contributed by atoms with Crippen molar-refractivity contribution < 1.29 is 22.7 Å². The highest BCUT2D eigenvalue weighted by molar-refractivity contribution is 9.10. The van der Waals surface area contributed by atoms with E-state index in [2.05, 4.69) is 21.2 Å². The SMILES string of the molecule is COc1ccc(N(CC(=O)N(Cc2ccc(Br)cc2)[C@@H](C)C(=O)NC2CCCCC2)S(=O)(=O)c2ccc(C)cc2)cc1Cl. The lowest BCUT2D eigenvalue weighted by Gasteiger charge is -2.33. The fraction of sp³-hybridized carbons (Fsp3) is 0.375. The smallest absolute Gasteiger partial charge is 0.264 e. The molecule has 1 fully saturated rings. The minimum Gasteiger partial charge on any atom is -0.495 e. The second kappa shape index (κ2) is 14.6. The number of rotatable bonds is 11. The van der Waals surface area contributed by atoms with Crippen LogP contribution in [0.15, 0.2) is 76.1 Å². The number of benzene rings is 3. The third kappa shape index (κ3) is 8.31. The molecule has 230 valence electrons. The second-order valence-electron chi connectivity index (χ2n) is 10.8. The van der Waals surface area contributed by atoms with Crippen LogP contribution in [-0.4, -0.2) is 50.9 Å². The molecule has 0 unspecified atom stereocenters. The van der Waals surface area contributed by atoms with Crippen LogP contribution in [0.4, 0.5) is 5.69 Å². The summed E-state index contributed by atoms with van der Waals surface area (Å²) in [6.45, 7) is 3.11. The van der Waals surface area contributed by atoms with Gasteiger partial charge in [-0.15, -0.1) is 0 Å². The Labute approximate surface area is 267 Å². The van der Waals surface area contributed by atoms with E-state index in [1.807, 2.05) is 31.2 Å². The fourth-order valence-electron chi connectivity index (χ4n) is 5.11. The lowest BCUT2D eigenvalue weighted by Crippen LogP contribution is -2.53. The average molecular weight is 691 g/mol. The number of methoxy groups -OCH3 is 1. The predicted molar refractivity (Wildman–Crippen MR) is 173 cm³/mol. The minimum absolute atomic E-state index is 0.0281. The van der Waals surface area contributed by atoms with Gasteiger partial charge < -0.3 is 15.0 Å². The predicted octanol–water partition coefficient (Wildman–Crippen LogP) is 6.48. The van der Waals surface area contributed by atoms with E-state index in [1.54, 1.807) is 31.2 Å². The molecular formula is C32H37BrClN3O5S. The van der Waals surface area contributed by atoms with E-state index in [0.29, 0.717) is 5.75 Å². The van der Waals surface area contributed by atoms with Crippen molar-refractivity contribution in [3.05, 3.63) is 87.4 Å². The number of nitrogens with zero attached hydrogens (tertiary/aromatic N) is 2. The van der Waals surface area contributed by atoms with Gasteiger partial charge in [0.1, 0.15) is 18.3 Å². The molecule has 2 amide bonds. The molecule has 43 heavy (non-hydrogen) atoms. The maximum atomic E-state index is 14.1. The van der Waals surface area contributed by atoms with Crippen LogP contribution in [0.2, 0.25) is 5.02 Å². The molecule has 0 spiro atoms. The molecule has 0 aliphatic heterocycles. The Morgan fingerprint density at radius 1 is 1.02 bits per heavy atom. The van der Waals surface area contributed by atoms with Gasteiger partial charge in [-0.3, -0.25) is 13.9 Å². The van der Waals surface area contributed by atoms with Gasteiger partial charge in [-0.2, -0.15) is 0 Å². The van der Waals surface area contributed by atoms with E-state index >= 15 is 0 Å². The zero-order chi connectivity index (χ0) is 31.1. The molecule has 1 aliphatic rings. The maximum absolute atomic E-state index is 14.1. The summed E-state index contributed by atoms with van der Waals surface area (Å²) in [4.78, 5) is 29.1. The molecular weight excluding hydrogens is 654 g/mol. The van der Waals surface area contributed by atoms with E-state index in [1.165, 1.54) is 30.2 Å². The first-order chi connectivity index (χ1) is 20.5. The summed E-state index contributed by atoms with van der Waals surface area (Å²) >= 11 is 9.83. The molecule has 3 aromatic rings. The standard InChI is InChI=1S/C32H37BrClN3O5S/c1-22-9-16-28(17-10-22)43(40,41)37(27-15-18-30(42-3)29(34)19-27)21-31(38)36(20-24-11-13-25(33)14-12-24)23(2)32(39)35-26-7-5-4-6-8-26/h9-19,23,26H,4-8,20-21H2,1-3H3,(H,35,39)/t23-/m0/s1. The van der Waals surface area contributed by atoms with Crippen LogP contribution in [0.5, 0.6) is 5.75 Å². The molecule has 0 bridgehead atoms. The van der Waals surface area contributed by atoms with Crippen molar-refractivity contribution >= 4 is 55.1 Å². The number of carbonyl (C=O) groups is 2. The molecule has 0 saturated heterocycles. The fourth-order valence-corrected chi connectivity index (χ4v) is 7.04. The third-order valence-corrected chi connectivity index (χ3v) is 10.3. The Hall–Kier alpha value is -3.08. The molecule has 1 atom stereocenters. The van der Waals surface area contributed by atoms with Crippen molar-refractivity contribution in [3.8, 4) is 5.75 Å². The van der Waals surface area contributed by atoms with E-state index in [4.69, 9.17) is 16.3 Å². The Kier molecular flexibility index (Phi) is 11.1. The first-order valence-electron chi connectivity index (χ1n) is 14.3. The van der Waals surface area contributed by atoms with Crippen LogP contribution in [0.3, 0.4) is 0 Å². The molecule has 11 heteroatoms. The Balaban J connectivity index is 1.70. The first-order valence-corrected chi connectivity index (χ1v) is 16.9. The lowest BCUT2D eigenvalue weighted by molar-refractivity contribution is -0.139. The summed E-state index contributed by atoms with van der Waals surface area (Å²) in [6.07, 6.45) is 5.06. The number of halogens is 2. The van der Waals surface area contributed by atoms with E-state index in [9.17, 15) is 18.0 Å². The normalized spacial score (nSPS) is 14.5. The number of anilines is 1. The maximum Gasteiger partial charge on any atom is 0.264 e. The van der Waals surface area contributed by atoms with Crippen LogP contribution in [0.25, 0.3) is 0 Å². The van der Waals surface area contributed by atoms with Gasteiger partial charge in [0.15, 0.2) is 0 Å². The molecule has 0 radical (unpaired) electrons. The largest absolute Gasteiger partial charge is 0.495 e. The summed E-state index contributed by atoms with van der Waals surface area (Å²) in [5, 5.41) is 3.31. The van der Waals surface area contributed by atoms with Crippen LogP contribution >= 0.6 is 27.5 Å². The van der Waals surface area contributed by atoms with Gasteiger partial charge in [-0.25, -0.2) is 8.42 Å². The van der Waals surface area contributed by atoms with Crippen molar-refractivity contribution in [2.45, 2.75) is 69.5 Å². The first kappa shape index (κ1) is 32.8. The van der Waals surface area contributed by atoms with E-state index in [-0.39, 0.29) is 34.1 Å². The summed E-state index contributed by atoms with van der Waals surface area (Å²) in [5.74, 6) is -0.427. The number of aryl methyl sites for hydroxylation is 1. The highest BCUT2D eigenvalue weighted by atomic mass is 79.9. The van der Waals surface area contributed by atoms with Crippen LogP contribution in [0.1, 0.15) is 50.2 Å². The minimum atomic E-state index is -4.20. The van der Waals surface area contributed by atoms with E-state index in [0.717, 1.165) is 52.0 Å². The van der Waals surface area contributed by atoms with Crippen LogP contribution in [-0.2, 0) is 26.2 Å². The van der Waals surface area contributed by atoms with Gasteiger partial charge in [-0.05, 0) is 74.7 Å². The van der Waals surface area contributed by atoms with Crippen molar-refractivity contribution in [2.24, 2.45) is 0 Å². The molecule has 8 nitrogen and oxygen atoms in total. The number of hydrogen-bond acceptors (Lipinski definition) is 5. The van der Waals surface area contributed by atoms with Gasteiger partial charge in [-0.1, -0.05) is 76.6 Å². The zero-order valence-corrected chi connectivity index (χ0v) is 27.7. The van der Waals surface area contributed by atoms with E-state index < -0.39 is 28.5 Å².